The Hall–Kier alpha value is -1.11. The van der Waals surface area contributed by atoms with Crippen molar-refractivity contribution >= 4 is 15.9 Å². The number of rotatable bonds is 7. The average Bonchev–Trinajstić information content (AvgIpc) is 2.47. The summed E-state index contributed by atoms with van der Waals surface area (Å²) in [5.74, 6) is 0. The van der Waals surface area contributed by atoms with Gasteiger partial charge in [-0.05, 0) is 62.9 Å². The summed E-state index contributed by atoms with van der Waals surface area (Å²) in [5, 5.41) is 3.02. The first-order chi connectivity index (χ1) is 10.0. The Morgan fingerprint density at radius 3 is 2.76 bits per heavy atom. The van der Waals surface area contributed by atoms with Crippen molar-refractivity contribution in [3.05, 3.63) is 29.3 Å². The SMILES string of the molecule is CNCCCN(C)S(=O)(=O)Nc1cccc2c1CCCC2. The normalized spacial score (nSPS) is 15.0. The summed E-state index contributed by atoms with van der Waals surface area (Å²) < 4.78 is 28.9. The predicted molar refractivity (Wildman–Crippen MR) is 86.8 cm³/mol. The summed E-state index contributed by atoms with van der Waals surface area (Å²) in [7, 11) is 0.0108. The lowest BCUT2D eigenvalue weighted by molar-refractivity contribution is 0.462. The van der Waals surface area contributed by atoms with Gasteiger partial charge in [-0.2, -0.15) is 12.7 Å². The van der Waals surface area contributed by atoms with E-state index in [1.54, 1.807) is 7.05 Å². The van der Waals surface area contributed by atoms with Gasteiger partial charge in [0, 0.05) is 13.6 Å². The van der Waals surface area contributed by atoms with Crippen LogP contribution in [0.3, 0.4) is 0 Å². The van der Waals surface area contributed by atoms with Crippen molar-refractivity contribution < 1.29 is 8.42 Å². The summed E-state index contributed by atoms with van der Waals surface area (Å²) in [6, 6.07) is 5.90. The van der Waals surface area contributed by atoms with Crippen LogP contribution in [0.2, 0.25) is 0 Å². The van der Waals surface area contributed by atoms with E-state index in [1.165, 1.54) is 16.3 Å². The zero-order chi connectivity index (χ0) is 15.3. The first-order valence-corrected chi connectivity index (χ1v) is 8.98. The monoisotopic (exact) mass is 311 g/mol. The van der Waals surface area contributed by atoms with Gasteiger partial charge in [-0.3, -0.25) is 4.72 Å². The number of nitrogens with one attached hydrogen (secondary N) is 2. The first-order valence-electron chi connectivity index (χ1n) is 7.54. The number of benzene rings is 1. The summed E-state index contributed by atoms with van der Waals surface area (Å²) in [6.45, 7) is 1.31. The van der Waals surface area contributed by atoms with Gasteiger partial charge in [0.15, 0.2) is 0 Å². The maximum absolute atomic E-state index is 12.4. The Morgan fingerprint density at radius 1 is 1.24 bits per heavy atom. The molecule has 0 aliphatic heterocycles. The zero-order valence-electron chi connectivity index (χ0n) is 12.9. The van der Waals surface area contributed by atoms with E-state index in [4.69, 9.17) is 0 Å². The number of anilines is 1. The van der Waals surface area contributed by atoms with Gasteiger partial charge in [-0.25, -0.2) is 0 Å². The molecule has 0 amide bonds. The first kappa shape index (κ1) is 16.3. The summed E-state index contributed by atoms with van der Waals surface area (Å²) >= 11 is 0. The molecule has 0 saturated heterocycles. The molecule has 5 nitrogen and oxygen atoms in total. The summed E-state index contributed by atoms with van der Waals surface area (Å²) in [4.78, 5) is 0. The molecule has 1 aromatic rings. The molecule has 0 unspecified atom stereocenters. The smallest absolute Gasteiger partial charge is 0.301 e. The number of hydrogen-bond donors (Lipinski definition) is 2. The third-order valence-corrected chi connectivity index (χ3v) is 5.43. The van der Waals surface area contributed by atoms with E-state index in [2.05, 4.69) is 16.1 Å². The standard InChI is InChI=1S/C15H25N3O2S/c1-16-11-6-12-18(2)21(19,20)17-15-10-5-8-13-7-3-4-9-14(13)15/h5,8,10,16-17H,3-4,6-7,9,11-12H2,1-2H3. The molecule has 0 aromatic heterocycles. The fourth-order valence-corrected chi connectivity index (χ4v) is 3.69. The molecule has 118 valence electrons. The van der Waals surface area contributed by atoms with E-state index in [-0.39, 0.29) is 0 Å². The van der Waals surface area contributed by atoms with Crippen LogP contribution in [-0.4, -0.2) is 39.9 Å². The fraction of sp³-hybridized carbons (Fsp3) is 0.600. The highest BCUT2D eigenvalue weighted by molar-refractivity contribution is 7.90. The van der Waals surface area contributed by atoms with E-state index in [0.29, 0.717) is 6.54 Å². The Balaban J connectivity index is 2.10. The van der Waals surface area contributed by atoms with Crippen LogP contribution < -0.4 is 10.0 Å². The molecule has 21 heavy (non-hydrogen) atoms. The lowest BCUT2D eigenvalue weighted by Gasteiger charge is -2.23. The highest BCUT2D eigenvalue weighted by atomic mass is 32.2. The summed E-state index contributed by atoms with van der Waals surface area (Å²) in [6.07, 6.45) is 5.11. The Kier molecular flexibility index (Phi) is 5.61. The quantitative estimate of drug-likeness (QED) is 0.754. The van der Waals surface area contributed by atoms with Gasteiger partial charge in [0.1, 0.15) is 0 Å². The van der Waals surface area contributed by atoms with Crippen molar-refractivity contribution in [2.24, 2.45) is 0 Å². The Labute approximate surface area is 127 Å². The van der Waals surface area contributed by atoms with Crippen molar-refractivity contribution in [3.8, 4) is 0 Å². The minimum atomic E-state index is -3.47. The molecule has 0 fully saturated rings. The van der Waals surface area contributed by atoms with Crippen LogP contribution >= 0.6 is 0 Å². The van der Waals surface area contributed by atoms with Crippen LogP contribution in [0.4, 0.5) is 5.69 Å². The molecule has 0 spiro atoms. The van der Waals surface area contributed by atoms with Crippen LogP contribution in [0.5, 0.6) is 0 Å². The number of aryl methyl sites for hydroxylation is 1. The number of nitrogens with zero attached hydrogens (tertiary/aromatic N) is 1. The fourth-order valence-electron chi connectivity index (χ4n) is 2.69. The van der Waals surface area contributed by atoms with Crippen molar-refractivity contribution in [2.75, 3.05) is 31.9 Å². The summed E-state index contributed by atoms with van der Waals surface area (Å²) in [5.41, 5.74) is 3.18. The molecule has 1 aliphatic carbocycles. The Morgan fingerprint density at radius 2 is 2.00 bits per heavy atom. The molecule has 2 N–H and O–H groups in total. The van der Waals surface area contributed by atoms with Gasteiger partial charge in [0.2, 0.25) is 0 Å². The van der Waals surface area contributed by atoms with E-state index in [1.807, 2.05) is 19.2 Å². The van der Waals surface area contributed by atoms with E-state index in [9.17, 15) is 8.42 Å². The van der Waals surface area contributed by atoms with Gasteiger partial charge in [0.05, 0.1) is 5.69 Å². The molecule has 0 atom stereocenters. The lowest BCUT2D eigenvalue weighted by Crippen LogP contribution is -2.34. The molecule has 6 heteroatoms. The topological polar surface area (TPSA) is 61.4 Å². The molecule has 1 aliphatic rings. The van der Waals surface area contributed by atoms with Crippen molar-refractivity contribution in [3.63, 3.8) is 0 Å². The second-order valence-electron chi connectivity index (χ2n) is 5.54. The molecule has 1 aromatic carbocycles. The molecule has 2 rings (SSSR count). The molecule has 0 bridgehead atoms. The molecular weight excluding hydrogens is 286 g/mol. The molecule has 0 heterocycles. The molecule has 0 radical (unpaired) electrons. The molecule has 0 saturated carbocycles. The lowest BCUT2D eigenvalue weighted by atomic mass is 9.91. The highest BCUT2D eigenvalue weighted by Gasteiger charge is 2.20. The number of hydrogen-bond acceptors (Lipinski definition) is 3. The third kappa shape index (κ3) is 4.18. The van der Waals surface area contributed by atoms with Crippen molar-refractivity contribution in [1.82, 2.24) is 9.62 Å². The number of fused-ring (bicyclic) bond motifs is 1. The second kappa shape index (κ2) is 7.24. The van der Waals surface area contributed by atoms with Crippen LogP contribution in [0.25, 0.3) is 0 Å². The zero-order valence-corrected chi connectivity index (χ0v) is 13.7. The van der Waals surface area contributed by atoms with Gasteiger partial charge >= 0.3 is 10.2 Å². The van der Waals surface area contributed by atoms with Crippen LogP contribution in [0.1, 0.15) is 30.4 Å². The van der Waals surface area contributed by atoms with Crippen LogP contribution in [0, 0.1) is 0 Å². The largest absolute Gasteiger partial charge is 0.320 e. The van der Waals surface area contributed by atoms with Crippen molar-refractivity contribution in [1.29, 1.82) is 0 Å². The minimum absolute atomic E-state index is 0.505. The highest BCUT2D eigenvalue weighted by Crippen LogP contribution is 2.28. The van der Waals surface area contributed by atoms with Gasteiger partial charge < -0.3 is 5.32 Å². The second-order valence-corrected chi connectivity index (χ2v) is 7.31. The van der Waals surface area contributed by atoms with E-state index >= 15 is 0 Å². The molecular formula is C15H25N3O2S. The third-order valence-electron chi connectivity index (χ3n) is 3.94. The van der Waals surface area contributed by atoms with Gasteiger partial charge in [0.25, 0.3) is 0 Å². The average molecular weight is 311 g/mol. The van der Waals surface area contributed by atoms with Crippen LogP contribution in [-0.2, 0) is 23.1 Å². The maximum Gasteiger partial charge on any atom is 0.301 e. The van der Waals surface area contributed by atoms with Crippen LogP contribution in [0.15, 0.2) is 18.2 Å². The predicted octanol–water partition coefficient (Wildman–Crippen LogP) is 1.76. The minimum Gasteiger partial charge on any atom is -0.320 e. The maximum atomic E-state index is 12.4. The van der Waals surface area contributed by atoms with Gasteiger partial charge in [-0.1, -0.05) is 12.1 Å². The Bertz CT molecular complexity index is 572. The van der Waals surface area contributed by atoms with Crippen molar-refractivity contribution in [2.45, 2.75) is 32.1 Å². The van der Waals surface area contributed by atoms with E-state index < -0.39 is 10.2 Å². The van der Waals surface area contributed by atoms with Gasteiger partial charge in [-0.15, -0.1) is 0 Å². The van der Waals surface area contributed by atoms with E-state index in [0.717, 1.165) is 43.5 Å².